The normalized spacial score (nSPS) is 19.8. The van der Waals surface area contributed by atoms with E-state index in [1.807, 2.05) is 4.90 Å². The lowest BCUT2D eigenvalue weighted by atomic mass is 10.1. The van der Waals surface area contributed by atoms with E-state index in [1.165, 1.54) is 6.26 Å². The molecule has 1 aromatic carbocycles. The zero-order chi connectivity index (χ0) is 19.5. The Kier molecular flexibility index (Phi) is 5.14. The van der Waals surface area contributed by atoms with Crippen LogP contribution in [-0.2, 0) is 9.59 Å². The van der Waals surface area contributed by atoms with Gasteiger partial charge in [0.25, 0.3) is 5.91 Å². The van der Waals surface area contributed by atoms with Gasteiger partial charge in [-0.2, -0.15) is 0 Å². The van der Waals surface area contributed by atoms with Crippen LogP contribution in [-0.4, -0.2) is 35.2 Å². The van der Waals surface area contributed by atoms with E-state index in [0.717, 1.165) is 25.7 Å². The predicted molar refractivity (Wildman–Crippen MR) is 104 cm³/mol. The summed E-state index contributed by atoms with van der Waals surface area (Å²) < 4.78 is 5.07. The molecule has 2 N–H and O–H groups in total. The van der Waals surface area contributed by atoms with Crippen LogP contribution < -0.4 is 10.6 Å². The number of carbonyl (C=O) groups excluding carboxylic acids is 3. The number of nitrogens with one attached hydrogen (secondary N) is 2. The van der Waals surface area contributed by atoms with Gasteiger partial charge in [-0.05, 0) is 43.2 Å². The van der Waals surface area contributed by atoms with Crippen LogP contribution in [0, 0.1) is 5.92 Å². The van der Waals surface area contributed by atoms with E-state index in [2.05, 4.69) is 10.6 Å². The van der Waals surface area contributed by atoms with Crippen molar-refractivity contribution in [1.29, 1.82) is 0 Å². The molecule has 28 heavy (non-hydrogen) atoms. The summed E-state index contributed by atoms with van der Waals surface area (Å²) in [6, 6.07) is 10.4. The molecular weight excluding hydrogens is 358 g/mol. The van der Waals surface area contributed by atoms with Crippen molar-refractivity contribution in [3.8, 4) is 0 Å². The minimum atomic E-state index is -0.359. The molecule has 2 fully saturated rings. The number of furan rings is 1. The molecule has 1 aliphatic carbocycles. The standard InChI is InChI=1S/C21H23N3O4/c25-19-11-14(13-24(19)17-7-1-2-8-17)20(26)22-15-5-3-6-16(12-15)23-21(27)18-9-4-10-28-18/h3-6,9-10,12,14,17H,1-2,7-8,11,13H2,(H,22,26)(H,23,27). The van der Waals surface area contributed by atoms with Crippen molar-refractivity contribution in [1.82, 2.24) is 4.90 Å². The molecule has 1 unspecified atom stereocenters. The molecule has 0 spiro atoms. The summed E-state index contributed by atoms with van der Waals surface area (Å²) in [7, 11) is 0. The molecule has 2 heterocycles. The van der Waals surface area contributed by atoms with Crippen molar-refractivity contribution in [2.45, 2.75) is 38.1 Å². The van der Waals surface area contributed by atoms with Gasteiger partial charge in [0, 0.05) is 30.4 Å². The van der Waals surface area contributed by atoms with Crippen molar-refractivity contribution < 1.29 is 18.8 Å². The summed E-state index contributed by atoms with van der Waals surface area (Å²) in [5, 5.41) is 5.60. The van der Waals surface area contributed by atoms with E-state index in [-0.39, 0.29) is 35.8 Å². The van der Waals surface area contributed by atoms with E-state index in [0.29, 0.717) is 24.0 Å². The Morgan fingerprint density at radius 3 is 2.50 bits per heavy atom. The fraction of sp³-hybridized carbons (Fsp3) is 0.381. The molecule has 2 aliphatic rings. The third-order valence-electron chi connectivity index (χ3n) is 5.43. The Hall–Kier alpha value is -3.09. The highest BCUT2D eigenvalue weighted by atomic mass is 16.3. The number of benzene rings is 1. The number of carbonyl (C=O) groups is 3. The summed E-state index contributed by atoms with van der Waals surface area (Å²) in [5.74, 6) is -0.572. The lowest BCUT2D eigenvalue weighted by molar-refractivity contribution is -0.129. The zero-order valence-corrected chi connectivity index (χ0v) is 15.5. The highest BCUT2D eigenvalue weighted by Gasteiger charge is 2.38. The van der Waals surface area contributed by atoms with E-state index >= 15 is 0 Å². The smallest absolute Gasteiger partial charge is 0.291 e. The van der Waals surface area contributed by atoms with Crippen LogP contribution in [0.2, 0.25) is 0 Å². The van der Waals surface area contributed by atoms with Crippen LogP contribution >= 0.6 is 0 Å². The lowest BCUT2D eigenvalue weighted by Gasteiger charge is -2.23. The summed E-state index contributed by atoms with van der Waals surface area (Å²) in [6.45, 7) is 0.490. The highest BCUT2D eigenvalue weighted by molar-refractivity contribution is 6.03. The van der Waals surface area contributed by atoms with Gasteiger partial charge in [-0.15, -0.1) is 0 Å². The highest BCUT2D eigenvalue weighted by Crippen LogP contribution is 2.30. The molecule has 0 radical (unpaired) electrons. The number of hydrogen-bond acceptors (Lipinski definition) is 4. The largest absolute Gasteiger partial charge is 0.459 e. The van der Waals surface area contributed by atoms with Gasteiger partial charge < -0.3 is 20.0 Å². The van der Waals surface area contributed by atoms with E-state index in [4.69, 9.17) is 4.42 Å². The van der Waals surface area contributed by atoms with Gasteiger partial charge in [0.15, 0.2) is 5.76 Å². The number of amides is 3. The second-order valence-electron chi connectivity index (χ2n) is 7.39. The first-order valence-corrected chi connectivity index (χ1v) is 9.65. The molecule has 0 bridgehead atoms. The first kappa shape index (κ1) is 18.3. The minimum absolute atomic E-state index is 0.0755. The van der Waals surface area contributed by atoms with Gasteiger partial charge in [-0.1, -0.05) is 18.9 Å². The number of rotatable bonds is 5. The van der Waals surface area contributed by atoms with E-state index < -0.39 is 0 Å². The Balaban J connectivity index is 1.37. The summed E-state index contributed by atoms with van der Waals surface area (Å²) in [5.41, 5.74) is 1.13. The zero-order valence-electron chi connectivity index (χ0n) is 15.5. The van der Waals surface area contributed by atoms with E-state index in [9.17, 15) is 14.4 Å². The molecule has 1 atom stereocenters. The molecule has 4 rings (SSSR count). The summed E-state index contributed by atoms with van der Waals surface area (Å²) >= 11 is 0. The number of likely N-dealkylation sites (tertiary alicyclic amines) is 1. The topological polar surface area (TPSA) is 91.7 Å². The molecule has 1 aliphatic heterocycles. The quantitative estimate of drug-likeness (QED) is 0.832. The molecule has 7 heteroatoms. The van der Waals surface area contributed by atoms with Crippen LogP contribution in [0.25, 0.3) is 0 Å². The van der Waals surface area contributed by atoms with Crippen LogP contribution in [0.1, 0.15) is 42.7 Å². The lowest BCUT2D eigenvalue weighted by Crippen LogP contribution is -2.35. The van der Waals surface area contributed by atoms with Gasteiger partial charge in [-0.3, -0.25) is 14.4 Å². The number of anilines is 2. The van der Waals surface area contributed by atoms with Crippen LogP contribution in [0.3, 0.4) is 0 Å². The average Bonchev–Trinajstić information content (AvgIpc) is 3.43. The van der Waals surface area contributed by atoms with Crippen molar-refractivity contribution in [3.05, 3.63) is 48.4 Å². The molecule has 2 aromatic rings. The Morgan fingerprint density at radius 1 is 1.04 bits per heavy atom. The molecule has 1 aromatic heterocycles. The van der Waals surface area contributed by atoms with Crippen LogP contribution in [0.15, 0.2) is 47.1 Å². The maximum atomic E-state index is 12.6. The molecule has 3 amide bonds. The van der Waals surface area contributed by atoms with Gasteiger partial charge in [0.1, 0.15) is 0 Å². The summed E-state index contributed by atoms with van der Waals surface area (Å²) in [6.07, 6.45) is 6.08. The first-order chi connectivity index (χ1) is 13.6. The van der Waals surface area contributed by atoms with E-state index in [1.54, 1.807) is 36.4 Å². The van der Waals surface area contributed by atoms with Crippen LogP contribution in [0.4, 0.5) is 11.4 Å². The fourth-order valence-corrected chi connectivity index (χ4v) is 4.00. The van der Waals surface area contributed by atoms with Crippen molar-refractivity contribution in [2.75, 3.05) is 17.2 Å². The molecule has 1 saturated carbocycles. The monoisotopic (exact) mass is 381 g/mol. The van der Waals surface area contributed by atoms with Crippen molar-refractivity contribution in [3.63, 3.8) is 0 Å². The number of hydrogen-bond donors (Lipinski definition) is 2. The third kappa shape index (κ3) is 3.93. The number of nitrogens with zero attached hydrogens (tertiary/aromatic N) is 1. The molecule has 1 saturated heterocycles. The van der Waals surface area contributed by atoms with Gasteiger partial charge >= 0.3 is 0 Å². The first-order valence-electron chi connectivity index (χ1n) is 9.65. The van der Waals surface area contributed by atoms with Gasteiger partial charge in [0.05, 0.1) is 12.2 Å². The molecule has 7 nitrogen and oxygen atoms in total. The Morgan fingerprint density at radius 2 is 1.79 bits per heavy atom. The predicted octanol–water partition coefficient (Wildman–Crippen LogP) is 3.26. The van der Waals surface area contributed by atoms with Gasteiger partial charge in [0.2, 0.25) is 11.8 Å². The maximum absolute atomic E-state index is 12.6. The second kappa shape index (κ2) is 7.88. The summed E-state index contributed by atoms with van der Waals surface area (Å²) in [4.78, 5) is 38.9. The minimum Gasteiger partial charge on any atom is -0.459 e. The third-order valence-corrected chi connectivity index (χ3v) is 5.43. The Labute approximate surface area is 163 Å². The van der Waals surface area contributed by atoms with Crippen LogP contribution in [0.5, 0.6) is 0 Å². The fourth-order valence-electron chi connectivity index (χ4n) is 4.00. The average molecular weight is 381 g/mol. The van der Waals surface area contributed by atoms with Gasteiger partial charge in [-0.25, -0.2) is 0 Å². The van der Waals surface area contributed by atoms with Crippen molar-refractivity contribution >= 4 is 29.1 Å². The SMILES string of the molecule is O=C(Nc1cccc(NC(=O)C2CC(=O)N(C3CCCC3)C2)c1)c1ccco1. The molecular formula is C21H23N3O4. The Bertz CT molecular complexity index is 872. The van der Waals surface area contributed by atoms with Crippen molar-refractivity contribution in [2.24, 2.45) is 5.92 Å². The second-order valence-corrected chi connectivity index (χ2v) is 7.39. The molecule has 146 valence electrons. The maximum Gasteiger partial charge on any atom is 0.291 e.